The lowest BCUT2D eigenvalue weighted by Crippen LogP contribution is -2.42. The van der Waals surface area contributed by atoms with Gasteiger partial charge in [-0.05, 0) is 51.0 Å². The highest BCUT2D eigenvalue weighted by atomic mass is 16.5. The lowest BCUT2D eigenvalue weighted by molar-refractivity contribution is -0.146. The van der Waals surface area contributed by atoms with Crippen molar-refractivity contribution in [1.29, 1.82) is 0 Å². The van der Waals surface area contributed by atoms with Crippen LogP contribution >= 0.6 is 0 Å². The van der Waals surface area contributed by atoms with E-state index in [9.17, 15) is 14.4 Å². The third kappa shape index (κ3) is 7.40. The van der Waals surface area contributed by atoms with E-state index in [2.05, 4.69) is 16.6 Å². The van der Waals surface area contributed by atoms with Gasteiger partial charge >= 0.3 is 11.9 Å². The molecule has 1 amide bonds. The predicted molar refractivity (Wildman–Crippen MR) is 102 cm³/mol. The normalized spacial score (nSPS) is 11.0. The number of aryl methyl sites for hydroxylation is 1. The van der Waals surface area contributed by atoms with Crippen molar-refractivity contribution in [3.8, 4) is 12.3 Å². The van der Waals surface area contributed by atoms with Crippen LogP contribution < -0.4 is 10.6 Å². The summed E-state index contributed by atoms with van der Waals surface area (Å²) in [5.74, 6) is 1.04. The number of hydrogen-bond acceptors (Lipinski definition) is 6. The van der Waals surface area contributed by atoms with Crippen LogP contribution in [0.4, 0.5) is 5.69 Å². The quantitative estimate of drug-likeness (QED) is 0.481. The maximum absolute atomic E-state index is 12.6. The average molecular weight is 374 g/mol. The first-order valence-electron chi connectivity index (χ1n) is 8.84. The molecule has 1 aromatic rings. The summed E-state index contributed by atoms with van der Waals surface area (Å²) in [6, 6.07) is 4.25. The second-order valence-corrected chi connectivity index (χ2v) is 5.71. The lowest BCUT2D eigenvalue weighted by atomic mass is 10.1. The van der Waals surface area contributed by atoms with Gasteiger partial charge in [0.1, 0.15) is 6.04 Å². The molecule has 0 aliphatic rings. The maximum atomic E-state index is 12.6. The van der Waals surface area contributed by atoms with Crippen LogP contribution in [0.2, 0.25) is 0 Å². The van der Waals surface area contributed by atoms with Crippen LogP contribution in [0.1, 0.15) is 42.6 Å². The predicted octanol–water partition coefficient (Wildman–Crippen LogP) is 2.04. The molecule has 1 aromatic carbocycles. The molecule has 1 rings (SSSR count). The SMILES string of the molecule is C#CCNc1ccc(C(=O)N[C@H](CCC(=O)OCC)C(=O)OCC)c(C)c1. The van der Waals surface area contributed by atoms with Gasteiger partial charge in [-0.25, -0.2) is 4.79 Å². The molecule has 0 aliphatic carbocycles. The lowest BCUT2D eigenvalue weighted by Gasteiger charge is -2.18. The van der Waals surface area contributed by atoms with Crippen molar-refractivity contribution < 1.29 is 23.9 Å². The fraction of sp³-hybridized carbons (Fsp3) is 0.450. The topological polar surface area (TPSA) is 93.7 Å². The van der Waals surface area contributed by atoms with E-state index in [0.717, 1.165) is 11.3 Å². The Balaban J connectivity index is 2.84. The zero-order valence-electron chi connectivity index (χ0n) is 16.0. The number of hydrogen-bond donors (Lipinski definition) is 2. The van der Waals surface area contributed by atoms with Crippen molar-refractivity contribution in [2.24, 2.45) is 0 Å². The van der Waals surface area contributed by atoms with Gasteiger partial charge in [0.25, 0.3) is 5.91 Å². The monoisotopic (exact) mass is 374 g/mol. The van der Waals surface area contributed by atoms with Crippen molar-refractivity contribution in [3.05, 3.63) is 29.3 Å². The Hall–Kier alpha value is -3.01. The molecule has 0 aromatic heterocycles. The molecule has 2 N–H and O–H groups in total. The standard InChI is InChI=1S/C20H26N2O5/c1-5-12-21-15-8-9-16(14(4)13-15)19(24)22-17(20(25)27-7-3)10-11-18(23)26-6-2/h1,8-9,13,17,21H,6-7,10-12H2,2-4H3,(H,22,24)/t17-/m1/s1. The molecule has 0 aliphatic heterocycles. The molecule has 0 saturated carbocycles. The van der Waals surface area contributed by atoms with Gasteiger partial charge in [0.2, 0.25) is 0 Å². The second-order valence-electron chi connectivity index (χ2n) is 5.71. The molecule has 0 fully saturated rings. The summed E-state index contributed by atoms with van der Waals surface area (Å²) in [5.41, 5.74) is 1.94. The van der Waals surface area contributed by atoms with Gasteiger partial charge in [-0.15, -0.1) is 6.42 Å². The number of terminal acetylenes is 1. The van der Waals surface area contributed by atoms with Crippen molar-refractivity contribution >= 4 is 23.5 Å². The largest absolute Gasteiger partial charge is 0.466 e. The van der Waals surface area contributed by atoms with Gasteiger partial charge < -0.3 is 20.1 Å². The molecule has 7 heteroatoms. The highest BCUT2D eigenvalue weighted by molar-refractivity contribution is 5.98. The summed E-state index contributed by atoms with van der Waals surface area (Å²) in [6.45, 7) is 5.98. The number of carbonyl (C=O) groups excluding carboxylic acids is 3. The molecule has 146 valence electrons. The fourth-order valence-electron chi connectivity index (χ4n) is 2.40. The van der Waals surface area contributed by atoms with Gasteiger partial charge in [-0.1, -0.05) is 5.92 Å². The van der Waals surface area contributed by atoms with Crippen LogP contribution in [-0.4, -0.2) is 43.6 Å². The first-order valence-corrected chi connectivity index (χ1v) is 8.84. The van der Waals surface area contributed by atoms with Gasteiger partial charge in [0.15, 0.2) is 0 Å². The van der Waals surface area contributed by atoms with Crippen molar-refractivity contribution in [2.45, 2.75) is 39.7 Å². The van der Waals surface area contributed by atoms with Crippen LogP contribution in [0, 0.1) is 19.3 Å². The van der Waals surface area contributed by atoms with E-state index >= 15 is 0 Å². The second kappa shape index (κ2) is 11.6. The molecule has 27 heavy (non-hydrogen) atoms. The van der Waals surface area contributed by atoms with Crippen molar-refractivity contribution in [1.82, 2.24) is 5.32 Å². The molecule has 7 nitrogen and oxygen atoms in total. The Bertz CT molecular complexity index is 709. The third-order valence-corrected chi connectivity index (χ3v) is 3.68. The minimum atomic E-state index is -0.930. The van der Waals surface area contributed by atoms with Crippen LogP contribution in [0.15, 0.2) is 18.2 Å². The minimum Gasteiger partial charge on any atom is -0.466 e. The number of anilines is 1. The summed E-state index contributed by atoms with van der Waals surface area (Å²) in [5, 5.41) is 5.67. The smallest absolute Gasteiger partial charge is 0.328 e. The Morgan fingerprint density at radius 2 is 1.89 bits per heavy atom. The van der Waals surface area contributed by atoms with Gasteiger partial charge in [0, 0.05) is 17.7 Å². The highest BCUT2D eigenvalue weighted by Gasteiger charge is 2.24. The minimum absolute atomic E-state index is 0.00549. The molecule has 0 spiro atoms. The fourth-order valence-corrected chi connectivity index (χ4v) is 2.40. The van der Waals surface area contributed by atoms with Gasteiger partial charge in [0.05, 0.1) is 19.8 Å². The molecule has 0 heterocycles. The molecule has 0 bridgehead atoms. The maximum Gasteiger partial charge on any atom is 0.328 e. The van der Waals surface area contributed by atoms with Gasteiger partial charge in [-0.3, -0.25) is 9.59 Å². The summed E-state index contributed by atoms with van der Waals surface area (Å²) >= 11 is 0. The highest BCUT2D eigenvalue weighted by Crippen LogP contribution is 2.16. The number of benzene rings is 1. The molecular formula is C20H26N2O5. The number of amides is 1. The Morgan fingerprint density at radius 1 is 1.19 bits per heavy atom. The van der Waals surface area contributed by atoms with Gasteiger partial charge in [-0.2, -0.15) is 0 Å². The Labute approximate surface area is 159 Å². The van der Waals surface area contributed by atoms with E-state index in [0.29, 0.717) is 12.1 Å². The number of ether oxygens (including phenoxy) is 2. The first-order chi connectivity index (χ1) is 12.9. The van der Waals surface area contributed by atoms with E-state index < -0.39 is 23.9 Å². The van der Waals surface area contributed by atoms with Crippen LogP contribution in [0.25, 0.3) is 0 Å². The Morgan fingerprint density at radius 3 is 2.48 bits per heavy atom. The number of nitrogens with one attached hydrogen (secondary N) is 2. The summed E-state index contributed by atoms with van der Waals surface area (Å²) in [6.07, 6.45) is 5.32. The van der Waals surface area contributed by atoms with E-state index in [1.165, 1.54) is 0 Å². The summed E-state index contributed by atoms with van der Waals surface area (Å²) < 4.78 is 9.85. The van der Waals surface area contributed by atoms with Crippen LogP contribution in [0.3, 0.4) is 0 Å². The third-order valence-electron chi connectivity index (χ3n) is 3.68. The van der Waals surface area contributed by atoms with Crippen LogP contribution in [-0.2, 0) is 19.1 Å². The molecule has 0 saturated heterocycles. The summed E-state index contributed by atoms with van der Waals surface area (Å²) in [7, 11) is 0. The molecule has 0 radical (unpaired) electrons. The number of rotatable bonds is 10. The van der Waals surface area contributed by atoms with E-state index in [1.807, 2.05) is 0 Å². The summed E-state index contributed by atoms with van der Waals surface area (Å²) in [4.78, 5) is 36.3. The average Bonchev–Trinajstić information content (AvgIpc) is 2.63. The zero-order valence-corrected chi connectivity index (χ0v) is 16.0. The number of esters is 2. The molecule has 0 unspecified atom stereocenters. The molecule has 1 atom stereocenters. The Kier molecular flexibility index (Phi) is 9.45. The molecular weight excluding hydrogens is 348 g/mol. The van der Waals surface area contributed by atoms with E-state index in [-0.39, 0.29) is 26.1 Å². The zero-order chi connectivity index (χ0) is 20.2. The van der Waals surface area contributed by atoms with Crippen molar-refractivity contribution in [3.63, 3.8) is 0 Å². The van der Waals surface area contributed by atoms with E-state index in [4.69, 9.17) is 15.9 Å². The number of carbonyl (C=O) groups is 3. The first kappa shape index (κ1) is 22.0. The van der Waals surface area contributed by atoms with Crippen LogP contribution in [0.5, 0.6) is 0 Å². The van der Waals surface area contributed by atoms with Crippen molar-refractivity contribution in [2.75, 3.05) is 25.1 Å². The van der Waals surface area contributed by atoms with E-state index in [1.54, 1.807) is 39.0 Å².